The molecule has 1 amide bonds. The second-order valence-corrected chi connectivity index (χ2v) is 4.85. The zero-order valence-electron chi connectivity index (χ0n) is 8.57. The maximum atomic E-state index is 11.9. The van der Waals surface area contributed by atoms with Crippen LogP contribution < -0.4 is 10.2 Å². The second kappa shape index (κ2) is 3.75. The fourth-order valence-corrected chi connectivity index (χ4v) is 2.55. The number of halogens is 1. The van der Waals surface area contributed by atoms with Crippen molar-refractivity contribution in [1.82, 2.24) is 0 Å². The van der Waals surface area contributed by atoms with Gasteiger partial charge in [0.2, 0.25) is 5.91 Å². The molecular weight excluding hydrogens is 272 g/mol. The van der Waals surface area contributed by atoms with Gasteiger partial charge < -0.3 is 15.0 Å². The standard InChI is InChI=1S/C11H11BrN2O2/c12-7-1-2-9-8(5-7)13-11(15)10-6-16-4-3-14(9)10/h1-2,5,10H,3-4,6H2,(H,13,15). The molecule has 0 bridgehead atoms. The van der Waals surface area contributed by atoms with Crippen LogP contribution in [0, 0.1) is 0 Å². The number of amides is 1. The zero-order valence-corrected chi connectivity index (χ0v) is 10.2. The molecular formula is C11H11BrN2O2. The van der Waals surface area contributed by atoms with Crippen molar-refractivity contribution in [2.24, 2.45) is 0 Å². The molecule has 16 heavy (non-hydrogen) atoms. The minimum atomic E-state index is -0.178. The van der Waals surface area contributed by atoms with Gasteiger partial charge in [-0.2, -0.15) is 0 Å². The topological polar surface area (TPSA) is 41.6 Å². The van der Waals surface area contributed by atoms with Crippen LogP contribution in [0.3, 0.4) is 0 Å². The monoisotopic (exact) mass is 282 g/mol. The lowest BCUT2D eigenvalue weighted by molar-refractivity contribution is -0.119. The molecule has 3 rings (SSSR count). The van der Waals surface area contributed by atoms with E-state index in [1.807, 2.05) is 18.2 Å². The van der Waals surface area contributed by atoms with Crippen molar-refractivity contribution >= 4 is 33.2 Å². The molecule has 0 aliphatic carbocycles. The van der Waals surface area contributed by atoms with Gasteiger partial charge in [-0.1, -0.05) is 15.9 Å². The summed E-state index contributed by atoms with van der Waals surface area (Å²) >= 11 is 3.40. The third-order valence-corrected chi connectivity index (χ3v) is 3.45. The summed E-state index contributed by atoms with van der Waals surface area (Å²) in [5, 5.41) is 2.91. The van der Waals surface area contributed by atoms with E-state index in [1.165, 1.54) is 0 Å². The highest BCUT2D eigenvalue weighted by molar-refractivity contribution is 9.10. The summed E-state index contributed by atoms with van der Waals surface area (Å²) in [6, 6.07) is 5.77. The molecule has 1 atom stereocenters. The third-order valence-electron chi connectivity index (χ3n) is 2.96. The number of anilines is 2. The van der Waals surface area contributed by atoms with Crippen LogP contribution in [0.15, 0.2) is 22.7 Å². The van der Waals surface area contributed by atoms with E-state index in [-0.39, 0.29) is 11.9 Å². The van der Waals surface area contributed by atoms with E-state index in [0.717, 1.165) is 22.4 Å². The predicted octanol–water partition coefficient (Wildman–Crippen LogP) is 1.61. The van der Waals surface area contributed by atoms with E-state index >= 15 is 0 Å². The molecule has 0 saturated carbocycles. The summed E-state index contributed by atoms with van der Waals surface area (Å²) in [4.78, 5) is 14.0. The van der Waals surface area contributed by atoms with Crippen molar-refractivity contribution < 1.29 is 9.53 Å². The summed E-state index contributed by atoms with van der Waals surface area (Å²) in [5.74, 6) is 0.0188. The van der Waals surface area contributed by atoms with E-state index in [9.17, 15) is 4.79 Å². The Kier molecular flexibility index (Phi) is 2.37. The van der Waals surface area contributed by atoms with Crippen LogP contribution in [0.5, 0.6) is 0 Å². The molecule has 0 radical (unpaired) electrons. The molecule has 4 nitrogen and oxygen atoms in total. The maximum Gasteiger partial charge on any atom is 0.249 e. The van der Waals surface area contributed by atoms with E-state index in [2.05, 4.69) is 26.1 Å². The largest absolute Gasteiger partial charge is 0.377 e. The minimum Gasteiger partial charge on any atom is -0.377 e. The summed E-state index contributed by atoms with van der Waals surface area (Å²) in [6.07, 6.45) is 0. The number of ether oxygens (including phenoxy) is 1. The van der Waals surface area contributed by atoms with Gasteiger partial charge in [0.15, 0.2) is 0 Å². The van der Waals surface area contributed by atoms with Crippen LogP contribution in [0.1, 0.15) is 0 Å². The van der Waals surface area contributed by atoms with Crippen molar-refractivity contribution in [2.75, 3.05) is 30.0 Å². The Morgan fingerprint density at radius 1 is 1.50 bits per heavy atom. The molecule has 1 aromatic carbocycles. The number of morpholine rings is 1. The summed E-state index contributed by atoms with van der Waals surface area (Å²) < 4.78 is 6.31. The lowest BCUT2D eigenvalue weighted by atomic mass is 10.1. The number of hydrogen-bond donors (Lipinski definition) is 1. The van der Waals surface area contributed by atoms with Crippen LogP contribution in [-0.2, 0) is 9.53 Å². The Hall–Kier alpha value is -1.07. The van der Waals surface area contributed by atoms with E-state index < -0.39 is 0 Å². The van der Waals surface area contributed by atoms with Crippen molar-refractivity contribution in [3.63, 3.8) is 0 Å². The predicted molar refractivity (Wildman–Crippen MR) is 64.7 cm³/mol. The molecule has 2 aliphatic heterocycles. The van der Waals surface area contributed by atoms with Crippen molar-refractivity contribution in [3.8, 4) is 0 Å². The second-order valence-electron chi connectivity index (χ2n) is 3.93. The van der Waals surface area contributed by atoms with Gasteiger partial charge >= 0.3 is 0 Å². The van der Waals surface area contributed by atoms with E-state index in [4.69, 9.17) is 4.74 Å². The number of benzene rings is 1. The number of fused-ring (bicyclic) bond motifs is 3. The Morgan fingerprint density at radius 2 is 2.38 bits per heavy atom. The smallest absolute Gasteiger partial charge is 0.249 e. The van der Waals surface area contributed by atoms with Crippen molar-refractivity contribution in [2.45, 2.75) is 6.04 Å². The van der Waals surface area contributed by atoms with Gasteiger partial charge in [0.05, 0.1) is 24.6 Å². The Bertz CT molecular complexity index is 450. The molecule has 1 fully saturated rings. The fraction of sp³-hybridized carbons (Fsp3) is 0.364. The van der Waals surface area contributed by atoms with Gasteiger partial charge in [-0.25, -0.2) is 0 Å². The molecule has 0 spiro atoms. The number of rotatable bonds is 0. The van der Waals surface area contributed by atoms with Crippen molar-refractivity contribution in [1.29, 1.82) is 0 Å². The average Bonchev–Trinajstić information content (AvgIpc) is 2.29. The molecule has 1 saturated heterocycles. The molecule has 5 heteroatoms. The summed E-state index contributed by atoms with van der Waals surface area (Å²) in [6.45, 7) is 1.92. The summed E-state index contributed by atoms with van der Waals surface area (Å²) in [7, 11) is 0. The molecule has 1 unspecified atom stereocenters. The Balaban J connectivity index is 2.06. The highest BCUT2D eigenvalue weighted by atomic mass is 79.9. The fourth-order valence-electron chi connectivity index (χ4n) is 2.18. The first-order valence-corrected chi connectivity index (χ1v) is 6.00. The van der Waals surface area contributed by atoms with Gasteiger partial charge in [-0.3, -0.25) is 4.79 Å². The molecule has 2 aliphatic rings. The molecule has 0 aromatic heterocycles. The number of hydrogen-bond acceptors (Lipinski definition) is 3. The van der Waals surface area contributed by atoms with E-state index in [0.29, 0.717) is 13.2 Å². The van der Waals surface area contributed by atoms with Crippen LogP contribution >= 0.6 is 15.9 Å². The van der Waals surface area contributed by atoms with Gasteiger partial charge in [0, 0.05) is 11.0 Å². The Morgan fingerprint density at radius 3 is 3.25 bits per heavy atom. The highest BCUT2D eigenvalue weighted by Gasteiger charge is 2.35. The first kappa shape index (κ1) is 10.1. The lowest BCUT2D eigenvalue weighted by Crippen LogP contribution is -2.54. The SMILES string of the molecule is O=C1Nc2cc(Br)ccc2N2CCOCC12. The van der Waals surface area contributed by atoms with E-state index in [1.54, 1.807) is 0 Å². The molecule has 2 heterocycles. The first-order chi connectivity index (χ1) is 7.75. The highest BCUT2D eigenvalue weighted by Crippen LogP contribution is 2.35. The van der Waals surface area contributed by atoms with Gasteiger partial charge in [-0.05, 0) is 18.2 Å². The molecule has 1 N–H and O–H groups in total. The zero-order chi connectivity index (χ0) is 11.1. The van der Waals surface area contributed by atoms with Crippen LogP contribution in [0.25, 0.3) is 0 Å². The average molecular weight is 283 g/mol. The molecule has 84 valence electrons. The Labute approximate surface area is 102 Å². The van der Waals surface area contributed by atoms with Gasteiger partial charge in [-0.15, -0.1) is 0 Å². The quantitative estimate of drug-likeness (QED) is 0.786. The number of carbonyl (C=O) groups is 1. The van der Waals surface area contributed by atoms with Crippen LogP contribution in [0.2, 0.25) is 0 Å². The third kappa shape index (κ3) is 1.51. The number of nitrogens with one attached hydrogen (secondary N) is 1. The number of nitrogens with zero attached hydrogens (tertiary/aromatic N) is 1. The van der Waals surface area contributed by atoms with Crippen LogP contribution in [0.4, 0.5) is 11.4 Å². The van der Waals surface area contributed by atoms with Crippen LogP contribution in [-0.4, -0.2) is 31.7 Å². The maximum absolute atomic E-state index is 11.9. The van der Waals surface area contributed by atoms with Gasteiger partial charge in [0.25, 0.3) is 0 Å². The first-order valence-electron chi connectivity index (χ1n) is 5.20. The normalized spacial score (nSPS) is 23.4. The lowest BCUT2D eigenvalue weighted by Gasteiger charge is -2.40. The van der Waals surface area contributed by atoms with Crippen molar-refractivity contribution in [3.05, 3.63) is 22.7 Å². The minimum absolute atomic E-state index is 0.0188. The van der Waals surface area contributed by atoms with Gasteiger partial charge in [0.1, 0.15) is 6.04 Å². The molecule has 1 aromatic rings. The summed E-state index contributed by atoms with van der Waals surface area (Å²) in [5.41, 5.74) is 1.95. The number of carbonyl (C=O) groups excluding carboxylic acids is 1.